The SMILES string of the molecule is Cc1cc(Br)c2n[nH]c(C(=O)O)c2n1. The maximum atomic E-state index is 10.8. The molecule has 0 bridgehead atoms. The van der Waals surface area contributed by atoms with Crippen LogP contribution < -0.4 is 0 Å². The minimum absolute atomic E-state index is 0.0180. The molecule has 5 nitrogen and oxygen atoms in total. The van der Waals surface area contributed by atoms with Crippen LogP contribution in [-0.2, 0) is 0 Å². The zero-order valence-electron chi connectivity index (χ0n) is 7.21. The van der Waals surface area contributed by atoms with Gasteiger partial charge in [0.1, 0.15) is 11.0 Å². The lowest BCUT2D eigenvalue weighted by Crippen LogP contribution is -1.98. The van der Waals surface area contributed by atoms with E-state index in [1.807, 2.05) is 0 Å². The summed E-state index contributed by atoms with van der Waals surface area (Å²) in [6.07, 6.45) is 0. The summed E-state index contributed by atoms with van der Waals surface area (Å²) in [5.41, 5.74) is 1.68. The largest absolute Gasteiger partial charge is 0.476 e. The molecule has 0 radical (unpaired) electrons. The van der Waals surface area contributed by atoms with Crippen LogP contribution in [0.25, 0.3) is 11.0 Å². The molecule has 2 aromatic rings. The standard InChI is InChI=1S/C8H6BrN3O2/c1-3-2-4(9)5-6(10-3)7(8(13)14)12-11-5/h2H,1H3,(H,11,12)(H,13,14). The van der Waals surface area contributed by atoms with Gasteiger partial charge >= 0.3 is 5.97 Å². The number of aromatic carboxylic acids is 1. The second kappa shape index (κ2) is 3.06. The summed E-state index contributed by atoms with van der Waals surface area (Å²) in [5, 5.41) is 15.1. The van der Waals surface area contributed by atoms with Gasteiger partial charge in [0.25, 0.3) is 0 Å². The molecule has 6 heteroatoms. The van der Waals surface area contributed by atoms with E-state index in [0.29, 0.717) is 11.0 Å². The van der Waals surface area contributed by atoms with Crippen molar-refractivity contribution < 1.29 is 9.90 Å². The molecule has 0 saturated heterocycles. The van der Waals surface area contributed by atoms with Crippen LogP contribution in [0, 0.1) is 6.92 Å². The summed E-state index contributed by atoms with van der Waals surface area (Å²) in [5.74, 6) is -1.06. The number of carbonyl (C=O) groups is 1. The summed E-state index contributed by atoms with van der Waals surface area (Å²) in [6.45, 7) is 1.79. The van der Waals surface area contributed by atoms with E-state index in [0.717, 1.165) is 10.2 Å². The lowest BCUT2D eigenvalue weighted by Gasteiger charge is -1.95. The molecule has 72 valence electrons. The molecule has 0 amide bonds. The third-order valence-corrected chi connectivity index (χ3v) is 2.41. The molecule has 2 heterocycles. The Labute approximate surface area is 87.3 Å². The van der Waals surface area contributed by atoms with Gasteiger partial charge in [-0.25, -0.2) is 9.78 Å². The highest BCUT2D eigenvalue weighted by atomic mass is 79.9. The van der Waals surface area contributed by atoms with E-state index in [4.69, 9.17) is 5.11 Å². The van der Waals surface area contributed by atoms with Crippen LogP contribution in [0.4, 0.5) is 0 Å². The number of H-pyrrole nitrogens is 1. The lowest BCUT2D eigenvalue weighted by atomic mass is 10.3. The van der Waals surface area contributed by atoms with Crippen LogP contribution >= 0.6 is 15.9 Å². The highest BCUT2D eigenvalue weighted by Crippen LogP contribution is 2.23. The number of fused-ring (bicyclic) bond motifs is 1. The minimum Gasteiger partial charge on any atom is -0.476 e. The van der Waals surface area contributed by atoms with Crippen molar-refractivity contribution in [2.24, 2.45) is 0 Å². The Balaban J connectivity index is 2.85. The van der Waals surface area contributed by atoms with E-state index in [1.54, 1.807) is 13.0 Å². The first-order valence-electron chi connectivity index (χ1n) is 3.84. The maximum Gasteiger partial charge on any atom is 0.356 e. The highest BCUT2D eigenvalue weighted by Gasteiger charge is 2.15. The predicted octanol–water partition coefficient (Wildman–Crippen LogP) is 1.73. The van der Waals surface area contributed by atoms with Crippen molar-refractivity contribution in [3.63, 3.8) is 0 Å². The van der Waals surface area contributed by atoms with E-state index in [2.05, 4.69) is 31.1 Å². The van der Waals surface area contributed by atoms with Crippen molar-refractivity contribution in [2.45, 2.75) is 6.92 Å². The van der Waals surface area contributed by atoms with Gasteiger partial charge in [0.05, 0.1) is 0 Å². The number of carboxylic acids is 1. The number of rotatable bonds is 1. The molecule has 2 N–H and O–H groups in total. The van der Waals surface area contributed by atoms with Crippen molar-refractivity contribution >= 4 is 32.9 Å². The van der Waals surface area contributed by atoms with Gasteiger partial charge in [0.15, 0.2) is 5.69 Å². The third kappa shape index (κ3) is 1.27. The molecule has 0 saturated carbocycles. The Morgan fingerprint density at radius 2 is 2.29 bits per heavy atom. The topological polar surface area (TPSA) is 78.9 Å². The molecule has 0 atom stereocenters. The molecule has 0 aromatic carbocycles. The fourth-order valence-electron chi connectivity index (χ4n) is 1.22. The Morgan fingerprint density at radius 1 is 1.57 bits per heavy atom. The molecule has 0 aliphatic heterocycles. The molecule has 2 aromatic heterocycles. The highest BCUT2D eigenvalue weighted by molar-refractivity contribution is 9.10. The van der Waals surface area contributed by atoms with E-state index < -0.39 is 5.97 Å². The van der Waals surface area contributed by atoms with Crippen molar-refractivity contribution in [1.29, 1.82) is 0 Å². The summed E-state index contributed by atoms with van der Waals surface area (Å²) < 4.78 is 0.740. The molecule has 0 unspecified atom stereocenters. The van der Waals surface area contributed by atoms with Gasteiger partial charge in [0, 0.05) is 10.2 Å². The number of nitrogens with zero attached hydrogens (tertiary/aromatic N) is 2. The van der Waals surface area contributed by atoms with Gasteiger partial charge in [0.2, 0.25) is 0 Å². The van der Waals surface area contributed by atoms with Crippen LogP contribution in [0.1, 0.15) is 16.2 Å². The summed E-state index contributed by atoms with van der Waals surface area (Å²) in [4.78, 5) is 14.9. The van der Waals surface area contributed by atoms with E-state index >= 15 is 0 Å². The van der Waals surface area contributed by atoms with Crippen LogP contribution in [0.15, 0.2) is 10.5 Å². The minimum atomic E-state index is -1.06. The normalized spacial score (nSPS) is 10.7. The molecular weight excluding hydrogens is 250 g/mol. The Kier molecular flexibility index (Phi) is 1.99. The van der Waals surface area contributed by atoms with Gasteiger partial charge < -0.3 is 5.11 Å². The number of hydrogen-bond acceptors (Lipinski definition) is 3. The van der Waals surface area contributed by atoms with Gasteiger partial charge in [-0.3, -0.25) is 5.10 Å². The molecule has 0 spiro atoms. The predicted molar refractivity (Wildman–Crippen MR) is 53.3 cm³/mol. The van der Waals surface area contributed by atoms with E-state index in [9.17, 15) is 4.79 Å². The van der Waals surface area contributed by atoms with Crippen LogP contribution in [-0.4, -0.2) is 26.3 Å². The third-order valence-electron chi connectivity index (χ3n) is 1.80. The average Bonchev–Trinajstić information content (AvgIpc) is 2.47. The second-order valence-electron chi connectivity index (χ2n) is 2.85. The second-order valence-corrected chi connectivity index (χ2v) is 3.70. The van der Waals surface area contributed by atoms with Gasteiger partial charge in [-0.05, 0) is 28.9 Å². The fraction of sp³-hybridized carbons (Fsp3) is 0.125. The molecule has 0 aliphatic rings. The van der Waals surface area contributed by atoms with E-state index in [-0.39, 0.29) is 5.69 Å². The van der Waals surface area contributed by atoms with Crippen LogP contribution in [0.2, 0.25) is 0 Å². The first-order chi connectivity index (χ1) is 6.59. The monoisotopic (exact) mass is 255 g/mol. The van der Waals surface area contributed by atoms with Gasteiger partial charge in [-0.2, -0.15) is 5.10 Å². The maximum absolute atomic E-state index is 10.8. The molecular formula is C8H6BrN3O2. The molecule has 0 fully saturated rings. The zero-order chi connectivity index (χ0) is 10.3. The first kappa shape index (κ1) is 9.14. The molecule has 2 rings (SSSR count). The summed E-state index contributed by atoms with van der Waals surface area (Å²) >= 11 is 3.29. The Hall–Kier alpha value is -1.43. The van der Waals surface area contributed by atoms with Gasteiger partial charge in [-0.1, -0.05) is 0 Å². The number of aromatic amines is 1. The molecule has 0 aliphatic carbocycles. The number of carboxylic acid groups (broad SMARTS) is 1. The van der Waals surface area contributed by atoms with Gasteiger partial charge in [-0.15, -0.1) is 0 Å². The number of hydrogen-bond donors (Lipinski definition) is 2. The van der Waals surface area contributed by atoms with Crippen LogP contribution in [0.5, 0.6) is 0 Å². The smallest absolute Gasteiger partial charge is 0.356 e. The van der Waals surface area contributed by atoms with Crippen molar-refractivity contribution in [1.82, 2.24) is 15.2 Å². The Bertz CT molecular complexity index is 521. The average molecular weight is 256 g/mol. The number of aromatic nitrogens is 3. The quantitative estimate of drug-likeness (QED) is 0.814. The number of pyridine rings is 1. The van der Waals surface area contributed by atoms with Crippen molar-refractivity contribution in [3.05, 3.63) is 21.9 Å². The zero-order valence-corrected chi connectivity index (χ0v) is 8.79. The van der Waals surface area contributed by atoms with E-state index in [1.165, 1.54) is 0 Å². The lowest BCUT2D eigenvalue weighted by molar-refractivity contribution is 0.0692. The first-order valence-corrected chi connectivity index (χ1v) is 4.63. The number of halogens is 1. The number of nitrogens with one attached hydrogen (secondary N) is 1. The van der Waals surface area contributed by atoms with Crippen LogP contribution in [0.3, 0.4) is 0 Å². The number of aryl methyl sites for hydroxylation is 1. The van der Waals surface area contributed by atoms with Crippen molar-refractivity contribution in [2.75, 3.05) is 0 Å². The van der Waals surface area contributed by atoms with Crippen molar-refractivity contribution in [3.8, 4) is 0 Å². The summed E-state index contributed by atoms with van der Waals surface area (Å²) in [7, 11) is 0. The molecule has 14 heavy (non-hydrogen) atoms. The summed E-state index contributed by atoms with van der Waals surface area (Å²) in [6, 6.07) is 1.79. The fourth-order valence-corrected chi connectivity index (χ4v) is 1.83. The Morgan fingerprint density at radius 3 is 2.93 bits per heavy atom.